The quantitative estimate of drug-likeness (QED) is 0.787. The topological polar surface area (TPSA) is 74.6 Å². The lowest BCUT2D eigenvalue weighted by Crippen LogP contribution is -2.06. The van der Waals surface area contributed by atoms with Crippen molar-refractivity contribution in [3.63, 3.8) is 0 Å². The number of hydrogen-bond acceptors (Lipinski definition) is 2. The largest absolute Gasteiger partial charge is 0.481 e. The van der Waals surface area contributed by atoms with Crippen molar-refractivity contribution in [2.24, 2.45) is 0 Å². The van der Waals surface area contributed by atoms with Crippen molar-refractivity contribution in [1.82, 2.24) is 0 Å². The fourth-order valence-corrected chi connectivity index (χ4v) is 1.43. The van der Waals surface area contributed by atoms with E-state index in [-0.39, 0.29) is 12.0 Å². The summed E-state index contributed by atoms with van der Waals surface area (Å²) in [7, 11) is 0. The molecule has 1 aromatic carbocycles. The molecular weight excluding hydrogens is 196 g/mol. The first-order valence-corrected chi connectivity index (χ1v) is 4.61. The zero-order chi connectivity index (χ0) is 11.4. The third-order valence-electron chi connectivity index (χ3n) is 2.18. The Morgan fingerprint density at radius 1 is 1.20 bits per heavy atom. The predicted molar refractivity (Wildman–Crippen MR) is 54.1 cm³/mol. The first-order chi connectivity index (χ1) is 7.04. The molecule has 0 bridgehead atoms. The van der Waals surface area contributed by atoms with Crippen LogP contribution in [0.1, 0.15) is 28.4 Å². The molecule has 0 aliphatic heterocycles. The Morgan fingerprint density at radius 2 is 1.87 bits per heavy atom. The molecule has 0 radical (unpaired) electrons. The van der Waals surface area contributed by atoms with Crippen LogP contribution in [0.15, 0.2) is 18.2 Å². The number of carbonyl (C=O) groups is 2. The Hall–Kier alpha value is -1.84. The summed E-state index contributed by atoms with van der Waals surface area (Å²) >= 11 is 0. The number of aromatic carboxylic acids is 1. The van der Waals surface area contributed by atoms with Crippen LogP contribution < -0.4 is 0 Å². The molecular formula is C11H12O4. The van der Waals surface area contributed by atoms with Gasteiger partial charge in [0.25, 0.3) is 0 Å². The van der Waals surface area contributed by atoms with Crippen molar-refractivity contribution in [3.05, 3.63) is 34.9 Å². The number of aliphatic carboxylic acids is 1. The van der Waals surface area contributed by atoms with Gasteiger partial charge in [-0.15, -0.1) is 0 Å². The summed E-state index contributed by atoms with van der Waals surface area (Å²) in [6.07, 6.45) is 0.562. The van der Waals surface area contributed by atoms with Crippen molar-refractivity contribution in [1.29, 1.82) is 0 Å². The summed E-state index contributed by atoms with van der Waals surface area (Å²) in [5, 5.41) is 17.4. The highest BCUT2D eigenvalue weighted by molar-refractivity contribution is 5.88. The Balaban J connectivity index is 3.12. The minimum absolute atomic E-state index is 0.128. The van der Waals surface area contributed by atoms with E-state index >= 15 is 0 Å². The van der Waals surface area contributed by atoms with Crippen LogP contribution in [0.2, 0.25) is 0 Å². The normalized spacial score (nSPS) is 9.93. The summed E-state index contributed by atoms with van der Waals surface area (Å²) in [6.45, 7) is 1.90. The third-order valence-corrected chi connectivity index (χ3v) is 2.18. The molecule has 0 spiro atoms. The maximum atomic E-state index is 10.7. The highest BCUT2D eigenvalue weighted by atomic mass is 16.4. The number of carboxylic acid groups (broad SMARTS) is 2. The minimum atomic E-state index is -1.04. The van der Waals surface area contributed by atoms with Gasteiger partial charge in [0.05, 0.1) is 12.0 Å². The van der Waals surface area contributed by atoms with Crippen LogP contribution in [0, 0.1) is 0 Å². The lowest BCUT2D eigenvalue weighted by molar-refractivity contribution is -0.136. The van der Waals surface area contributed by atoms with Gasteiger partial charge in [-0.25, -0.2) is 4.79 Å². The lowest BCUT2D eigenvalue weighted by Gasteiger charge is -2.06. The van der Waals surface area contributed by atoms with Crippen LogP contribution >= 0.6 is 0 Å². The zero-order valence-electron chi connectivity index (χ0n) is 8.36. The van der Waals surface area contributed by atoms with E-state index in [1.165, 1.54) is 12.1 Å². The molecule has 0 heterocycles. The van der Waals surface area contributed by atoms with Gasteiger partial charge in [0, 0.05) is 0 Å². The van der Waals surface area contributed by atoms with Crippen molar-refractivity contribution in [2.75, 3.05) is 0 Å². The molecule has 1 rings (SSSR count). The Kier molecular flexibility index (Phi) is 3.44. The van der Waals surface area contributed by atoms with Crippen molar-refractivity contribution < 1.29 is 19.8 Å². The Labute approximate surface area is 87.2 Å². The molecule has 0 saturated carbocycles. The van der Waals surface area contributed by atoms with Gasteiger partial charge in [-0.05, 0) is 29.7 Å². The summed E-state index contributed by atoms with van der Waals surface area (Å²) in [5.41, 5.74) is 1.58. The summed E-state index contributed by atoms with van der Waals surface area (Å²) in [6, 6.07) is 4.59. The highest BCUT2D eigenvalue weighted by Gasteiger charge is 2.09. The van der Waals surface area contributed by atoms with E-state index in [2.05, 4.69) is 0 Å². The van der Waals surface area contributed by atoms with E-state index in [9.17, 15) is 9.59 Å². The van der Waals surface area contributed by atoms with Gasteiger partial charge in [-0.1, -0.05) is 13.0 Å². The molecule has 80 valence electrons. The molecule has 0 atom stereocenters. The second kappa shape index (κ2) is 4.59. The molecule has 15 heavy (non-hydrogen) atoms. The van der Waals surface area contributed by atoms with Crippen LogP contribution in [-0.2, 0) is 17.6 Å². The summed E-state index contributed by atoms with van der Waals surface area (Å²) < 4.78 is 0. The number of rotatable bonds is 4. The maximum absolute atomic E-state index is 10.7. The molecule has 0 amide bonds. The van der Waals surface area contributed by atoms with Gasteiger partial charge in [-0.3, -0.25) is 4.79 Å². The molecule has 0 saturated heterocycles. The van der Waals surface area contributed by atoms with E-state index in [1.807, 2.05) is 6.92 Å². The lowest BCUT2D eigenvalue weighted by atomic mass is 9.99. The van der Waals surface area contributed by atoms with Crippen LogP contribution in [0.4, 0.5) is 0 Å². The molecule has 4 heteroatoms. The van der Waals surface area contributed by atoms with Gasteiger partial charge in [0.2, 0.25) is 0 Å². The SMILES string of the molecule is CCc1ccc(C(=O)O)cc1CC(=O)O. The summed E-state index contributed by atoms with van der Waals surface area (Å²) in [5.74, 6) is -1.99. The number of aryl methyl sites for hydroxylation is 1. The molecule has 1 aromatic rings. The molecule has 0 unspecified atom stereocenters. The van der Waals surface area contributed by atoms with Crippen LogP contribution in [0.5, 0.6) is 0 Å². The monoisotopic (exact) mass is 208 g/mol. The van der Waals surface area contributed by atoms with Gasteiger partial charge in [0.1, 0.15) is 0 Å². The summed E-state index contributed by atoms with van der Waals surface area (Å²) in [4.78, 5) is 21.3. The first kappa shape index (κ1) is 11.2. The molecule has 0 aliphatic carbocycles. The maximum Gasteiger partial charge on any atom is 0.335 e. The molecule has 4 nitrogen and oxygen atoms in total. The number of hydrogen-bond donors (Lipinski definition) is 2. The second-order valence-electron chi connectivity index (χ2n) is 3.21. The second-order valence-corrected chi connectivity index (χ2v) is 3.21. The van der Waals surface area contributed by atoms with Gasteiger partial charge < -0.3 is 10.2 Å². The Bertz CT molecular complexity index is 396. The van der Waals surface area contributed by atoms with E-state index in [0.717, 1.165) is 5.56 Å². The van der Waals surface area contributed by atoms with Crippen LogP contribution in [0.3, 0.4) is 0 Å². The molecule has 2 N–H and O–H groups in total. The smallest absolute Gasteiger partial charge is 0.335 e. The predicted octanol–water partition coefficient (Wildman–Crippen LogP) is 1.57. The van der Waals surface area contributed by atoms with Crippen LogP contribution in [-0.4, -0.2) is 22.2 Å². The molecule has 0 fully saturated rings. The fourth-order valence-electron chi connectivity index (χ4n) is 1.43. The average molecular weight is 208 g/mol. The number of carboxylic acids is 2. The van der Waals surface area contributed by atoms with E-state index in [4.69, 9.17) is 10.2 Å². The van der Waals surface area contributed by atoms with Gasteiger partial charge in [-0.2, -0.15) is 0 Å². The Morgan fingerprint density at radius 3 is 2.33 bits per heavy atom. The first-order valence-electron chi connectivity index (χ1n) is 4.61. The van der Waals surface area contributed by atoms with E-state index in [0.29, 0.717) is 12.0 Å². The highest BCUT2D eigenvalue weighted by Crippen LogP contribution is 2.14. The van der Waals surface area contributed by atoms with E-state index in [1.54, 1.807) is 6.07 Å². The van der Waals surface area contributed by atoms with Gasteiger partial charge >= 0.3 is 11.9 Å². The van der Waals surface area contributed by atoms with Crippen molar-refractivity contribution >= 4 is 11.9 Å². The minimum Gasteiger partial charge on any atom is -0.481 e. The van der Waals surface area contributed by atoms with Crippen LogP contribution in [0.25, 0.3) is 0 Å². The molecule has 0 aliphatic rings. The average Bonchev–Trinajstić information content (AvgIpc) is 2.16. The fraction of sp³-hybridized carbons (Fsp3) is 0.273. The third kappa shape index (κ3) is 2.80. The van der Waals surface area contributed by atoms with Crippen molar-refractivity contribution in [3.8, 4) is 0 Å². The standard InChI is InChI=1S/C11H12O4/c1-2-7-3-4-8(11(14)15)5-9(7)6-10(12)13/h3-5H,2,6H2,1H3,(H,12,13)(H,14,15). The van der Waals surface area contributed by atoms with E-state index < -0.39 is 11.9 Å². The molecule has 0 aromatic heterocycles. The zero-order valence-corrected chi connectivity index (χ0v) is 8.36. The van der Waals surface area contributed by atoms with Gasteiger partial charge in [0.15, 0.2) is 0 Å². The van der Waals surface area contributed by atoms with Crippen molar-refractivity contribution in [2.45, 2.75) is 19.8 Å². The number of benzene rings is 1.